The van der Waals surface area contributed by atoms with Gasteiger partial charge in [-0.05, 0) is 31.9 Å². The molecule has 0 saturated carbocycles. The second kappa shape index (κ2) is 6.20. The summed E-state index contributed by atoms with van der Waals surface area (Å²) in [5.74, 6) is 0. The van der Waals surface area contributed by atoms with E-state index < -0.39 is 15.3 Å². The summed E-state index contributed by atoms with van der Waals surface area (Å²) in [6.07, 6.45) is 0.529. The van der Waals surface area contributed by atoms with Crippen molar-refractivity contribution in [1.29, 1.82) is 0 Å². The van der Waals surface area contributed by atoms with Gasteiger partial charge in [0.25, 0.3) is 0 Å². The maximum absolute atomic E-state index is 12.5. The van der Waals surface area contributed by atoms with Crippen molar-refractivity contribution in [3.63, 3.8) is 0 Å². The number of hydrogen-bond donors (Lipinski definition) is 1. The summed E-state index contributed by atoms with van der Waals surface area (Å²) < 4.78 is 26.5. The molecule has 0 aromatic heterocycles. The number of anilines is 1. The zero-order chi connectivity index (χ0) is 13.8. The minimum absolute atomic E-state index is 0.154. The summed E-state index contributed by atoms with van der Waals surface area (Å²) in [6, 6.07) is 7.50. The van der Waals surface area contributed by atoms with E-state index in [-0.39, 0.29) is 6.54 Å². The monoisotopic (exact) mass is 270 g/mol. The largest absolute Gasteiger partial charge is 0.329 e. The van der Waals surface area contributed by atoms with Gasteiger partial charge in [0.15, 0.2) is 0 Å². The predicted octanol–water partition coefficient (Wildman–Crippen LogP) is 1.89. The van der Waals surface area contributed by atoms with Crippen molar-refractivity contribution in [2.24, 2.45) is 5.73 Å². The second-order valence-corrected chi connectivity index (χ2v) is 6.40. The van der Waals surface area contributed by atoms with E-state index in [0.29, 0.717) is 13.0 Å². The van der Waals surface area contributed by atoms with Crippen LogP contribution in [0.25, 0.3) is 0 Å². The van der Waals surface area contributed by atoms with Crippen LogP contribution in [-0.4, -0.2) is 26.8 Å². The summed E-state index contributed by atoms with van der Waals surface area (Å²) in [5.41, 5.74) is 7.27. The van der Waals surface area contributed by atoms with E-state index >= 15 is 0 Å². The summed E-state index contributed by atoms with van der Waals surface area (Å²) in [6.45, 7) is 6.18. The zero-order valence-corrected chi connectivity index (χ0v) is 12.1. The van der Waals surface area contributed by atoms with Gasteiger partial charge < -0.3 is 5.73 Å². The van der Waals surface area contributed by atoms with Gasteiger partial charge in [0, 0.05) is 13.1 Å². The Bertz CT molecular complexity index is 482. The Hall–Kier alpha value is -1.07. The van der Waals surface area contributed by atoms with E-state index in [0.717, 1.165) is 11.3 Å². The molecule has 1 rings (SSSR count). The molecule has 1 aromatic rings. The Labute approximate surface area is 110 Å². The lowest BCUT2D eigenvalue weighted by molar-refractivity contribution is 0.571. The van der Waals surface area contributed by atoms with E-state index in [2.05, 4.69) is 0 Å². The van der Waals surface area contributed by atoms with Crippen LogP contribution >= 0.6 is 0 Å². The molecule has 18 heavy (non-hydrogen) atoms. The third kappa shape index (κ3) is 2.84. The summed E-state index contributed by atoms with van der Waals surface area (Å²) in [5, 5.41) is -0.517. The van der Waals surface area contributed by atoms with E-state index in [1.165, 1.54) is 4.31 Å². The molecular weight excluding hydrogens is 248 g/mol. The number of nitrogens with zero attached hydrogens (tertiary/aromatic N) is 1. The van der Waals surface area contributed by atoms with E-state index in [9.17, 15) is 8.42 Å². The van der Waals surface area contributed by atoms with E-state index in [4.69, 9.17) is 5.73 Å². The number of hydrogen-bond acceptors (Lipinski definition) is 3. The molecule has 1 aromatic carbocycles. The Balaban J connectivity index is 3.23. The van der Waals surface area contributed by atoms with Crippen molar-refractivity contribution in [2.75, 3.05) is 17.4 Å². The topological polar surface area (TPSA) is 63.4 Å². The lowest BCUT2D eigenvalue weighted by Crippen LogP contribution is -2.42. The van der Waals surface area contributed by atoms with Gasteiger partial charge in [-0.25, -0.2) is 8.42 Å². The average molecular weight is 270 g/mol. The minimum atomic E-state index is -3.38. The van der Waals surface area contributed by atoms with Crippen LogP contribution in [0.1, 0.15) is 25.8 Å². The Morgan fingerprint density at radius 3 is 2.33 bits per heavy atom. The molecule has 0 aliphatic rings. The molecule has 0 saturated heterocycles. The number of rotatable bonds is 6. The molecule has 2 N–H and O–H groups in total. The molecule has 0 aliphatic heterocycles. The van der Waals surface area contributed by atoms with Crippen molar-refractivity contribution in [3.8, 4) is 0 Å². The van der Waals surface area contributed by atoms with Crippen LogP contribution in [0.5, 0.6) is 0 Å². The van der Waals surface area contributed by atoms with Crippen molar-refractivity contribution in [3.05, 3.63) is 29.8 Å². The van der Waals surface area contributed by atoms with E-state index in [1.807, 2.05) is 45.0 Å². The molecule has 102 valence electrons. The van der Waals surface area contributed by atoms with Crippen LogP contribution in [0, 0.1) is 6.92 Å². The number of benzene rings is 1. The number of aryl methyl sites for hydroxylation is 1. The number of sulfonamides is 1. The Morgan fingerprint density at radius 1 is 1.28 bits per heavy atom. The lowest BCUT2D eigenvalue weighted by Gasteiger charge is -2.28. The Kier molecular flexibility index (Phi) is 5.16. The molecule has 0 amide bonds. The quantitative estimate of drug-likeness (QED) is 0.858. The summed E-state index contributed by atoms with van der Waals surface area (Å²) in [4.78, 5) is 0. The van der Waals surface area contributed by atoms with Crippen LogP contribution in [0.15, 0.2) is 24.3 Å². The highest BCUT2D eigenvalue weighted by Gasteiger charge is 2.29. The molecule has 0 bridgehead atoms. The standard InChI is InChI=1S/C13H22N2O2S/c1-4-12(10-14)18(16,17)15(5-2)13-9-7-6-8-11(13)3/h6-9,12H,4-5,10,14H2,1-3H3. The van der Waals surface area contributed by atoms with Crippen LogP contribution in [0.2, 0.25) is 0 Å². The first-order valence-electron chi connectivity index (χ1n) is 6.26. The normalized spacial score (nSPS) is 13.3. The molecule has 4 nitrogen and oxygen atoms in total. The molecule has 0 spiro atoms. The van der Waals surface area contributed by atoms with Gasteiger partial charge in [-0.2, -0.15) is 0 Å². The predicted molar refractivity (Wildman–Crippen MR) is 76.3 cm³/mol. The highest BCUT2D eigenvalue weighted by molar-refractivity contribution is 7.93. The van der Waals surface area contributed by atoms with Gasteiger partial charge >= 0.3 is 0 Å². The van der Waals surface area contributed by atoms with Gasteiger partial charge in [0.2, 0.25) is 10.0 Å². The van der Waals surface area contributed by atoms with Gasteiger partial charge in [0.1, 0.15) is 0 Å². The van der Waals surface area contributed by atoms with Gasteiger partial charge in [-0.3, -0.25) is 4.31 Å². The first-order valence-corrected chi connectivity index (χ1v) is 7.76. The third-order valence-electron chi connectivity index (χ3n) is 3.12. The molecule has 1 unspecified atom stereocenters. The molecule has 1 atom stereocenters. The summed E-state index contributed by atoms with van der Waals surface area (Å²) in [7, 11) is -3.38. The van der Waals surface area contributed by atoms with Crippen LogP contribution < -0.4 is 10.0 Å². The van der Waals surface area contributed by atoms with Crippen molar-refractivity contribution in [1.82, 2.24) is 0 Å². The lowest BCUT2D eigenvalue weighted by atomic mass is 10.2. The van der Waals surface area contributed by atoms with Crippen molar-refractivity contribution >= 4 is 15.7 Å². The first-order chi connectivity index (χ1) is 8.48. The fourth-order valence-corrected chi connectivity index (χ4v) is 3.87. The van der Waals surface area contributed by atoms with Crippen molar-refractivity contribution in [2.45, 2.75) is 32.4 Å². The van der Waals surface area contributed by atoms with Gasteiger partial charge in [0.05, 0.1) is 10.9 Å². The Morgan fingerprint density at radius 2 is 1.89 bits per heavy atom. The minimum Gasteiger partial charge on any atom is -0.329 e. The van der Waals surface area contributed by atoms with Crippen LogP contribution in [0.4, 0.5) is 5.69 Å². The number of para-hydroxylation sites is 1. The second-order valence-electron chi connectivity index (χ2n) is 4.26. The SMILES string of the molecule is CCC(CN)S(=O)(=O)N(CC)c1ccccc1C. The third-order valence-corrected chi connectivity index (χ3v) is 5.56. The van der Waals surface area contributed by atoms with E-state index in [1.54, 1.807) is 0 Å². The fraction of sp³-hybridized carbons (Fsp3) is 0.538. The van der Waals surface area contributed by atoms with Crippen LogP contribution in [0.3, 0.4) is 0 Å². The van der Waals surface area contributed by atoms with Crippen LogP contribution in [-0.2, 0) is 10.0 Å². The first kappa shape index (κ1) is 15.0. The van der Waals surface area contributed by atoms with Gasteiger partial charge in [-0.15, -0.1) is 0 Å². The highest BCUT2D eigenvalue weighted by Crippen LogP contribution is 2.24. The fourth-order valence-electron chi connectivity index (χ4n) is 2.01. The van der Waals surface area contributed by atoms with Crippen molar-refractivity contribution < 1.29 is 8.42 Å². The molecule has 5 heteroatoms. The molecule has 0 fully saturated rings. The van der Waals surface area contributed by atoms with Gasteiger partial charge in [-0.1, -0.05) is 25.1 Å². The molecule has 0 radical (unpaired) electrons. The smallest absolute Gasteiger partial charge is 0.239 e. The number of nitrogens with two attached hydrogens (primary N) is 1. The maximum Gasteiger partial charge on any atom is 0.239 e. The average Bonchev–Trinajstić information content (AvgIpc) is 2.33. The molecule has 0 aliphatic carbocycles. The summed E-state index contributed by atoms with van der Waals surface area (Å²) >= 11 is 0. The molecular formula is C13H22N2O2S. The highest BCUT2D eigenvalue weighted by atomic mass is 32.2. The maximum atomic E-state index is 12.5. The molecule has 0 heterocycles. The zero-order valence-electron chi connectivity index (χ0n) is 11.3.